The molecule has 21 heavy (non-hydrogen) atoms. The third-order valence-corrected chi connectivity index (χ3v) is 3.50. The number of hydrogen-bond donors (Lipinski definition) is 2. The number of rotatable bonds is 7. The molecule has 0 saturated carbocycles. The first-order valence-electron chi connectivity index (χ1n) is 6.53. The molecule has 0 bridgehead atoms. The Bertz CT molecular complexity index is 525. The van der Waals surface area contributed by atoms with E-state index < -0.39 is 5.97 Å². The number of carboxylic acids is 1. The molecule has 0 aliphatic rings. The van der Waals surface area contributed by atoms with Crippen LogP contribution in [0.4, 0.5) is 0 Å². The predicted molar refractivity (Wildman–Crippen MR) is 79.6 cm³/mol. The predicted octanol–water partition coefficient (Wildman–Crippen LogP) is 2.79. The summed E-state index contributed by atoms with van der Waals surface area (Å²) in [5.74, 6) is -1.57. The summed E-state index contributed by atoms with van der Waals surface area (Å²) in [7, 11) is 0. The van der Waals surface area contributed by atoms with Crippen LogP contribution >= 0.6 is 23.2 Å². The van der Waals surface area contributed by atoms with Crippen molar-refractivity contribution in [3.05, 3.63) is 21.9 Å². The Kier molecular flexibility index (Phi) is 6.84. The van der Waals surface area contributed by atoms with Crippen molar-refractivity contribution in [2.24, 2.45) is 5.92 Å². The summed E-state index contributed by atoms with van der Waals surface area (Å²) in [6, 6.07) is 1.24. The average Bonchev–Trinajstić information content (AvgIpc) is 2.41. The molecule has 0 aromatic carbocycles. The molecule has 1 aromatic heterocycles. The Morgan fingerprint density at radius 3 is 2.57 bits per heavy atom. The molecule has 1 heterocycles. The van der Waals surface area contributed by atoms with Crippen LogP contribution in [0, 0.1) is 5.92 Å². The fourth-order valence-electron chi connectivity index (χ4n) is 1.74. The van der Waals surface area contributed by atoms with E-state index >= 15 is 0 Å². The highest BCUT2D eigenvalue weighted by atomic mass is 35.5. The van der Waals surface area contributed by atoms with Gasteiger partial charge in [-0.2, -0.15) is 0 Å². The highest BCUT2D eigenvalue weighted by molar-refractivity contribution is 6.34. The van der Waals surface area contributed by atoms with Crippen molar-refractivity contribution in [3.8, 4) is 0 Å². The molecule has 0 spiro atoms. The number of carboxylic acid groups (broad SMARTS) is 1. The number of carbonyl (C=O) groups excluding carboxylic acids is 1. The van der Waals surface area contributed by atoms with Gasteiger partial charge in [-0.15, -0.1) is 10.2 Å². The lowest BCUT2D eigenvalue weighted by Crippen LogP contribution is -2.33. The van der Waals surface area contributed by atoms with Gasteiger partial charge in [0.2, 0.25) is 0 Å². The topological polar surface area (TPSA) is 92.2 Å². The highest BCUT2D eigenvalue weighted by Gasteiger charge is 2.16. The second-order valence-corrected chi connectivity index (χ2v) is 5.66. The lowest BCUT2D eigenvalue weighted by atomic mass is 10.0. The van der Waals surface area contributed by atoms with Gasteiger partial charge in [0.15, 0.2) is 10.3 Å². The van der Waals surface area contributed by atoms with E-state index in [1.807, 2.05) is 6.92 Å². The Labute approximate surface area is 132 Å². The fraction of sp³-hybridized carbons (Fsp3) is 0.538. The van der Waals surface area contributed by atoms with Crippen molar-refractivity contribution in [1.82, 2.24) is 15.5 Å². The molecule has 6 nitrogen and oxygen atoms in total. The van der Waals surface area contributed by atoms with Crippen LogP contribution in [0.15, 0.2) is 6.07 Å². The molecular weight excluding hydrogens is 317 g/mol. The van der Waals surface area contributed by atoms with Gasteiger partial charge < -0.3 is 10.4 Å². The summed E-state index contributed by atoms with van der Waals surface area (Å²) < 4.78 is 0. The Morgan fingerprint density at radius 1 is 1.29 bits per heavy atom. The number of hydrogen-bond acceptors (Lipinski definition) is 4. The van der Waals surface area contributed by atoms with Gasteiger partial charge >= 0.3 is 5.97 Å². The van der Waals surface area contributed by atoms with E-state index in [0.29, 0.717) is 19.3 Å². The first kappa shape index (κ1) is 17.7. The van der Waals surface area contributed by atoms with Gasteiger partial charge in [0.25, 0.3) is 5.91 Å². The minimum atomic E-state index is -0.809. The molecule has 2 atom stereocenters. The van der Waals surface area contributed by atoms with E-state index in [1.165, 1.54) is 6.07 Å². The third kappa shape index (κ3) is 5.85. The van der Waals surface area contributed by atoms with Crippen molar-refractivity contribution in [3.63, 3.8) is 0 Å². The summed E-state index contributed by atoms with van der Waals surface area (Å²) in [5, 5.41) is 18.7. The molecule has 8 heteroatoms. The van der Waals surface area contributed by atoms with Crippen LogP contribution < -0.4 is 5.32 Å². The van der Waals surface area contributed by atoms with E-state index in [4.69, 9.17) is 28.3 Å². The van der Waals surface area contributed by atoms with Crippen molar-refractivity contribution in [2.45, 2.75) is 39.2 Å². The standard InChI is InChI=1S/C13H17Cl2N3O3/c1-7(13(20)21)4-3-5-8(2)16-12(19)9-6-10(14)17-18-11(9)15/h6-8H,3-5H2,1-2H3,(H,16,19)(H,20,21). The third-order valence-electron chi connectivity index (χ3n) is 3.04. The van der Waals surface area contributed by atoms with Gasteiger partial charge in [-0.25, -0.2) is 0 Å². The van der Waals surface area contributed by atoms with Crippen LogP contribution in [0.5, 0.6) is 0 Å². The van der Waals surface area contributed by atoms with Gasteiger partial charge in [-0.05, 0) is 25.8 Å². The molecule has 0 aliphatic carbocycles. The maximum atomic E-state index is 12.0. The zero-order valence-electron chi connectivity index (χ0n) is 11.8. The molecular formula is C13H17Cl2N3O3. The quantitative estimate of drug-likeness (QED) is 0.800. The highest BCUT2D eigenvalue weighted by Crippen LogP contribution is 2.16. The van der Waals surface area contributed by atoms with E-state index in [2.05, 4.69) is 15.5 Å². The first-order valence-corrected chi connectivity index (χ1v) is 7.29. The van der Waals surface area contributed by atoms with Crippen LogP contribution in [0.1, 0.15) is 43.5 Å². The average molecular weight is 334 g/mol. The van der Waals surface area contributed by atoms with Gasteiger partial charge in [0.1, 0.15) is 0 Å². The molecule has 0 radical (unpaired) electrons. The minimum absolute atomic E-state index is 0.0106. The number of carbonyl (C=O) groups is 2. The lowest BCUT2D eigenvalue weighted by Gasteiger charge is -2.15. The molecule has 1 amide bonds. The van der Waals surface area contributed by atoms with Gasteiger partial charge in [-0.3, -0.25) is 9.59 Å². The minimum Gasteiger partial charge on any atom is -0.481 e. The second-order valence-electron chi connectivity index (χ2n) is 4.92. The largest absolute Gasteiger partial charge is 0.481 e. The Hall–Kier alpha value is -1.40. The fourth-order valence-corrected chi connectivity index (χ4v) is 2.06. The van der Waals surface area contributed by atoms with Crippen LogP contribution in [0.2, 0.25) is 10.3 Å². The van der Waals surface area contributed by atoms with Crippen molar-refractivity contribution < 1.29 is 14.7 Å². The van der Waals surface area contributed by atoms with Crippen molar-refractivity contribution >= 4 is 35.1 Å². The molecule has 1 aromatic rings. The smallest absolute Gasteiger partial charge is 0.306 e. The van der Waals surface area contributed by atoms with Crippen LogP contribution in [0.3, 0.4) is 0 Å². The Balaban J connectivity index is 2.47. The normalized spacial score (nSPS) is 13.5. The maximum Gasteiger partial charge on any atom is 0.306 e. The number of aliphatic carboxylic acids is 1. The SMILES string of the molecule is CC(CCCC(C)C(=O)O)NC(=O)c1cc(Cl)nnc1Cl. The monoisotopic (exact) mass is 333 g/mol. The zero-order valence-corrected chi connectivity index (χ0v) is 13.3. The zero-order chi connectivity index (χ0) is 16.0. The van der Waals surface area contributed by atoms with E-state index in [1.54, 1.807) is 6.92 Å². The summed E-state index contributed by atoms with van der Waals surface area (Å²) in [6.07, 6.45) is 1.95. The number of nitrogens with one attached hydrogen (secondary N) is 1. The molecule has 2 unspecified atom stereocenters. The van der Waals surface area contributed by atoms with Gasteiger partial charge in [-0.1, -0.05) is 36.5 Å². The second kappa shape index (κ2) is 8.14. The molecule has 2 N–H and O–H groups in total. The van der Waals surface area contributed by atoms with Crippen LogP contribution in [0.25, 0.3) is 0 Å². The molecule has 116 valence electrons. The molecule has 0 aliphatic heterocycles. The molecule has 0 fully saturated rings. The first-order chi connectivity index (χ1) is 9.81. The summed E-state index contributed by atoms with van der Waals surface area (Å²) >= 11 is 11.5. The number of amides is 1. The summed E-state index contributed by atoms with van der Waals surface area (Å²) in [4.78, 5) is 22.7. The van der Waals surface area contributed by atoms with Crippen LogP contribution in [-0.2, 0) is 4.79 Å². The number of halogens is 2. The van der Waals surface area contributed by atoms with E-state index in [-0.39, 0.29) is 33.7 Å². The number of nitrogens with zero attached hydrogens (tertiary/aromatic N) is 2. The number of aromatic nitrogens is 2. The van der Waals surface area contributed by atoms with E-state index in [9.17, 15) is 9.59 Å². The lowest BCUT2D eigenvalue weighted by molar-refractivity contribution is -0.141. The van der Waals surface area contributed by atoms with Gasteiger partial charge in [0, 0.05) is 6.04 Å². The maximum absolute atomic E-state index is 12.0. The summed E-state index contributed by atoms with van der Waals surface area (Å²) in [6.45, 7) is 3.50. The molecule has 1 rings (SSSR count). The summed E-state index contributed by atoms with van der Waals surface area (Å²) in [5.41, 5.74) is 0.169. The molecule has 0 saturated heterocycles. The van der Waals surface area contributed by atoms with Crippen molar-refractivity contribution in [1.29, 1.82) is 0 Å². The Morgan fingerprint density at radius 2 is 1.95 bits per heavy atom. The van der Waals surface area contributed by atoms with E-state index in [0.717, 1.165) is 0 Å². The van der Waals surface area contributed by atoms with Gasteiger partial charge in [0.05, 0.1) is 11.5 Å². The van der Waals surface area contributed by atoms with Crippen LogP contribution in [-0.4, -0.2) is 33.2 Å². The van der Waals surface area contributed by atoms with Crippen molar-refractivity contribution in [2.75, 3.05) is 0 Å².